The van der Waals surface area contributed by atoms with Crippen molar-refractivity contribution in [3.05, 3.63) is 53.1 Å². The maximum Gasteiger partial charge on any atom is 0.243 e. The Balaban J connectivity index is 1.42. The molecule has 170 valence electrons. The molecule has 1 aliphatic rings. The van der Waals surface area contributed by atoms with E-state index >= 15 is 0 Å². The Morgan fingerprint density at radius 3 is 2.66 bits per heavy atom. The SMILES string of the molecule is Cn1c(CCC(=O)NCc2ccc(Cl)nc2)nc2cc(S(=O)(=O)N3CCCCC3)ccc21. The van der Waals surface area contributed by atoms with Gasteiger partial charge in [-0.1, -0.05) is 24.1 Å². The molecule has 8 nitrogen and oxygen atoms in total. The number of rotatable bonds is 7. The number of carbonyl (C=O) groups excluding carboxylic acids is 1. The van der Waals surface area contributed by atoms with Crippen LogP contribution in [0.2, 0.25) is 5.15 Å². The predicted octanol–water partition coefficient (Wildman–Crippen LogP) is 3.05. The summed E-state index contributed by atoms with van der Waals surface area (Å²) in [6.45, 7) is 1.51. The molecule has 10 heteroatoms. The van der Waals surface area contributed by atoms with Crippen molar-refractivity contribution in [2.75, 3.05) is 13.1 Å². The normalized spacial score (nSPS) is 15.2. The molecule has 0 unspecified atom stereocenters. The van der Waals surface area contributed by atoms with Crippen LogP contribution in [0.15, 0.2) is 41.4 Å². The minimum Gasteiger partial charge on any atom is -0.352 e. The van der Waals surface area contributed by atoms with Crippen molar-refractivity contribution >= 4 is 38.6 Å². The molecule has 0 bridgehead atoms. The number of hydrogen-bond acceptors (Lipinski definition) is 5. The molecule has 0 radical (unpaired) electrons. The largest absolute Gasteiger partial charge is 0.352 e. The number of aryl methyl sites for hydroxylation is 2. The molecule has 32 heavy (non-hydrogen) atoms. The van der Waals surface area contributed by atoms with E-state index in [1.807, 2.05) is 17.7 Å². The maximum atomic E-state index is 13.0. The summed E-state index contributed by atoms with van der Waals surface area (Å²) >= 11 is 5.77. The van der Waals surface area contributed by atoms with E-state index < -0.39 is 10.0 Å². The lowest BCUT2D eigenvalue weighted by molar-refractivity contribution is -0.121. The monoisotopic (exact) mass is 475 g/mol. The van der Waals surface area contributed by atoms with Crippen molar-refractivity contribution in [1.82, 2.24) is 24.2 Å². The Labute approximate surface area is 192 Å². The van der Waals surface area contributed by atoms with Crippen LogP contribution in [0.25, 0.3) is 11.0 Å². The highest BCUT2D eigenvalue weighted by atomic mass is 35.5. The molecule has 1 fully saturated rings. The van der Waals surface area contributed by atoms with Crippen molar-refractivity contribution in [2.24, 2.45) is 7.05 Å². The number of nitrogens with zero attached hydrogens (tertiary/aromatic N) is 4. The fourth-order valence-electron chi connectivity index (χ4n) is 3.89. The average Bonchev–Trinajstić information content (AvgIpc) is 3.12. The Morgan fingerprint density at radius 2 is 1.94 bits per heavy atom. The Kier molecular flexibility index (Phi) is 6.78. The minimum atomic E-state index is -3.51. The van der Waals surface area contributed by atoms with Crippen LogP contribution in [0.1, 0.15) is 37.1 Å². The Bertz CT molecular complexity index is 1220. The summed E-state index contributed by atoms with van der Waals surface area (Å²) in [5.41, 5.74) is 2.33. The molecule has 3 aromatic rings. The summed E-state index contributed by atoms with van der Waals surface area (Å²) in [4.78, 5) is 21.1. The molecule has 0 atom stereocenters. The second kappa shape index (κ2) is 9.56. The summed E-state index contributed by atoms with van der Waals surface area (Å²) < 4.78 is 29.4. The van der Waals surface area contributed by atoms with Crippen molar-refractivity contribution in [3.8, 4) is 0 Å². The zero-order valence-electron chi connectivity index (χ0n) is 17.9. The van der Waals surface area contributed by atoms with Crippen LogP contribution in [0.3, 0.4) is 0 Å². The molecular weight excluding hydrogens is 450 g/mol. The molecule has 4 rings (SSSR count). The lowest BCUT2D eigenvalue weighted by Crippen LogP contribution is -2.35. The van der Waals surface area contributed by atoms with E-state index in [0.717, 1.165) is 36.2 Å². The second-order valence-electron chi connectivity index (χ2n) is 7.97. The van der Waals surface area contributed by atoms with Crippen LogP contribution in [-0.2, 0) is 34.8 Å². The summed E-state index contributed by atoms with van der Waals surface area (Å²) in [5.74, 6) is 0.635. The van der Waals surface area contributed by atoms with Gasteiger partial charge in [-0.05, 0) is 42.7 Å². The van der Waals surface area contributed by atoms with Crippen LogP contribution in [0.5, 0.6) is 0 Å². The van der Waals surface area contributed by atoms with Gasteiger partial charge in [0.05, 0.1) is 15.9 Å². The number of sulfonamides is 1. The molecule has 2 aromatic heterocycles. The Morgan fingerprint density at radius 1 is 1.16 bits per heavy atom. The van der Waals surface area contributed by atoms with E-state index in [2.05, 4.69) is 15.3 Å². The first-order chi connectivity index (χ1) is 15.3. The third kappa shape index (κ3) is 4.95. The number of imidazole rings is 1. The van der Waals surface area contributed by atoms with Gasteiger partial charge in [-0.25, -0.2) is 18.4 Å². The first-order valence-electron chi connectivity index (χ1n) is 10.7. The topological polar surface area (TPSA) is 97.2 Å². The number of fused-ring (bicyclic) bond motifs is 1. The lowest BCUT2D eigenvalue weighted by Gasteiger charge is -2.25. The summed E-state index contributed by atoms with van der Waals surface area (Å²) in [5, 5.41) is 3.27. The third-order valence-corrected chi connectivity index (χ3v) is 7.87. The van der Waals surface area contributed by atoms with Gasteiger partial charge in [0, 0.05) is 45.7 Å². The van der Waals surface area contributed by atoms with E-state index in [-0.39, 0.29) is 17.2 Å². The number of aromatic nitrogens is 3. The van der Waals surface area contributed by atoms with Crippen LogP contribution >= 0.6 is 11.6 Å². The molecule has 1 aliphatic heterocycles. The summed E-state index contributed by atoms with van der Waals surface area (Å²) in [7, 11) is -1.64. The molecule has 1 saturated heterocycles. The quantitative estimate of drug-likeness (QED) is 0.530. The van der Waals surface area contributed by atoms with Gasteiger partial charge in [0.2, 0.25) is 15.9 Å². The van der Waals surface area contributed by atoms with E-state index in [4.69, 9.17) is 11.6 Å². The molecule has 0 saturated carbocycles. The van der Waals surface area contributed by atoms with Crippen LogP contribution < -0.4 is 5.32 Å². The molecule has 3 heterocycles. The number of carbonyl (C=O) groups is 1. The first kappa shape index (κ1) is 22.7. The maximum absolute atomic E-state index is 13.0. The van der Waals surface area contributed by atoms with Gasteiger partial charge >= 0.3 is 0 Å². The fourth-order valence-corrected chi connectivity index (χ4v) is 5.54. The smallest absolute Gasteiger partial charge is 0.243 e. The lowest BCUT2D eigenvalue weighted by atomic mass is 10.2. The highest BCUT2D eigenvalue weighted by molar-refractivity contribution is 7.89. The van der Waals surface area contributed by atoms with Crippen molar-refractivity contribution in [3.63, 3.8) is 0 Å². The van der Waals surface area contributed by atoms with Crippen molar-refractivity contribution in [2.45, 2.75) is 43.5 Å². The van der Waals surface area contributed by atoms with Crippen molar-refractivity contribution in [1.29, 1.82) is 0 Å². The highest BCUT2D eigenvalue weighted by Crippen LogP contribution is 2.24. The molecule has 1 amide bonds. The van der Waals surface area contributed by atoms with Crippen LogP contribution in [0, 0.1) is 0 Å². The fraction of sp³-hybridized carbons (Fsp3) is 0.409. The standard InChI is InChI=1S/C22H26ClN5O3S/c1-27-19-7-6-17(32(30,31)28-11-3-2-4-12-28)13-18(19)26-21(27)9-10-22(29)25-15-16-5-8-20(23)24-14-16/h5-8,13-14H,2-4,9-12,15H2,1H3,(H,25,29). The van der Waals surface area contributed by atoms with E-state index in [0.29, 0.717) is 36.7 Å². The van der Waals surface area contributed by atoms with E-state index in [1.165, 1.54) is 0 Å². The summed E-state index contributed by atoms with van der Waals surface area (Å²) in [6, 6.07) is 8.57. The zero-order chi connectivity index (χ0) is 22.7. The predicted molar refractivity (Wildman–Crippen MR) is 123 cm³/mol. The molecule has 0 spiro atoms. The minimum absolute atomic E-state index is 0.0969. The number of amides is 1. The number of hydrogen-bond donors (Lipinski definition) is 1. The van der Waals surface area contributed by atoms with Gasteiger partial charge in [-0.15, -0.1) is 0 Å². The zero-order valence-corrected chi connectivity index (χ0v) is 19.5. The number of pyridine rings is 1. The van der Waals surface area contributed by atoms with Crippen molar-refractivity contribution < 1.29 is 13.2 Å². The average molecular weight is 476 g/mol. The number of piperidine rings is 1. The van der Waals surface area contributed by atoms with Gasteiger partial charge in [0.1, 0.15) is 11.0 Å². The molecule has 1 aromatic carbocycles. The third-order valence-electron chi connectivity index (χ3n) is 5.75. The van der Waals surface area contributed by atoms with Gasteiger partial charge in [-0.2, -0.15) is 4.31 Å². The highest BCUT2D eigenvalue weighted by Gasteiger charge is 2.26. The van der Waals surface area contributed by atoms with Gasteiger partial charge in [0.25, 0.3) is 0 Å². The summed E-state index contributed by atoms with van der Waals surface area (Å²) in [6.07, 6.45) is 5.21. The molecule has 1 N–H and O–H groups in total. The molecule has 0 aliphatic carbocycles. The molecular formula is C22H26ClN5O3S. The van der Waals surface area contributed by atoms with Crippen LogP contribution in [-0.4, -0.2) is 46.3 Å². The van der Waals surface area contributed by atoms with Gasteiger partial charge in [-0.3, -0.25) is 4.79 Å². The number of benzene rings is 1. The first-order valence-corrected chi connectivity index (χ1v) is 12.5. The second-order valence-corrected chi connectivity index (χ2v) is 10.3. The van der Waals surface area contributed by atoms with Crippen LogP contribution in [0.4, 0.5) is 0 Å². The Hall–Kier alpha value is -2.49. The van der Waals surface area contributed by atoms with Gasteiger partial charge in [0.15, 0.2) is 0 Å². The van der Waals surface area contributed by atoms with Gasteiger partial charge < -0.3 is 9.88 Å². The van der Waals surface area contributed by atoms with E-state index in [1.54, 1.807) is 34.8 Å². The number of halogens is 1. The number of nitrogens with one attached hydrogen (secondary N) is 1. The van der Waals surface area contributed by atoms with E-state index in [9.17, 15) is 13.2 Å².